The molecule has 0 saturated heterocycles. The van der Waals surface area contributed by atoms with Gasteiger partial charge in [0.1, 0.15) is 5.82 Å². The van der Waals surface area contributed by atoms with Gasteiger partial charge in [-0.05, 0) is 35.9 Å². The van der Waals surface area contributed by atoms with Crippen LogP contribution in [-0.4, -0.2) is 15.3 Å². The third-order valence-corrected chi connectivity index (χ3v) is 4.48. The minimum Gasteiger partial charge on any atom is -0.478 e. The first kappa shape index (κ1) is 14.7. The first-order chi connectivity index (χ1) is 9.49. The molecule has 2 rings (SSSR count). The highest BCUT2D eigenvalue weighted by atomic mass is 35.5. The second-order valence-corrected chi connectivity index (χ2v) is 5.86. The summed E-state index contributed by atoms with van der Waals surface area (Å²) in [6.45, 7) is 0. The number of aromatic carboxylic acids is 1. The first-order valence-electron chi connectivity index (χ1n) is 5.63. The Hall–Kier alpha value is -1.72. The molecule has 0 aromatic heterocycles. The van der Waals surface area contributed by atoms with E-state index in [4.69, 9.17) is 16.7 Å². The molecular formula is C14H10ClFO3S. The quantitative estimate of drug-likeness (QED) is 0.940. The molecule has 0 aliphatic carbocycles. The summed E-state index contributed by atoms with van der Waals surface area (Å²) in [4.78, 5) is 11.2. The zero-order valence-corrected chi connectivity index (χ0v) is 11.7. The van der Waals surface area contributed by atoms with Crippen LogP contribution in [0.25, 0.3) is 0 Å². The number of carboxylic acids is 1. The number of hydrogen-bond donors (Lipinski definition) is 1. The highest BCUT2D eigenvalue weighted by molar-refractivity contribution is 7.84. The summed E-state index contributed by atoms with van der Waals surface area (Å²) in [5, 5.41) is 8.74. The van der Waals surface area contributed by atoms with E-state index in [1.807, 2.05) is 0 Å². The Morgan fingerprint density at radius 2 is 1.85 bits per heavy atom. The van der Waals surface area contributed by atoms with Crippen molar-refractivity contribution in [1.29, 1.82) is 0 Å². The highest BCUT2D eigenvalue weighted by Gasteiger charge is 2.11. The SMILES string of the molecule is O=C(O)c1ccc(S(=O)Cc2cccc(F)c2Cl)cc1. The topological polar surface area (TPSA) is 54.4 Å². The van der Waals surface area contributed by atoms with Crippen LogP contribution in [0.1, 0.15) is 15.9 Å². The number of hydrogen-bond acceptors (Lipinski definition) is 2. The summed E-state index contributed by atoms with van der Waals surface area (Å²) in [7, 11) is -1.42. The fraction of sp³-hybridized carbons (Fsp3) is 0.0714. The molecular weight excluding hydrogens is 303 g/mol. The van der Waals surface area contributed by atoms with Gasteiger partial charge in [-0.2, -0.15) is 0 Å². The highest BCUT2D eigenvalue weighted by Crippen LogP contribution is 2.23. The van der Waals surface area contributed by atoms with Gasteiger partial charge in [0.15, 0.2) is 0 Å². The van der Waals surface area contributed by atoms with Gasteiger partial charge in [-0.15, -0.1) is 0 Å². The Bertz CT molecular complexity index is 671. The fourth-order valence-electron chi connectivity index (χ4n) is 1.63. The van der Waals surface area contributed by atoms with Crippen molar-refractivity contribution in [2.24, 2.45) is 0 Å². The largest absolute Gasteiger partial charge is 0.478 e. The van der Waals surface area contributed by atoms with Gasteiger partial charge in [-0.25, -0.2) is 9.18 Å². The van der Waals surface area contributed by atoms with Gasteiger partial charge in [-0.1, -0.05) is 23.7 Å². The average Bonchev–Trinajstić information content (AvgIpc) is 2.44. The molecule has 1 unspecified atom stereocenters. The molecule has 3 nitrogen and oxygen atoms in total. The summed E-state index contributed by atoms with van der Waals surface area (Å²) in [6, 6.07) is 10.1. The van der Waals surface area contributed by atoms with Crippen LogP contribution in [0.4, 0.5) is 4.39 Å². The molecule has 104 valence electrons. The standard InChI is InChI=1S/C14H10ClFO3S/c15-13-10(2-1-3-12(13)16)8-20(19)11-6-4-9(5-7-11)14(17)18/h1-7H,8H2,(H,17,18). The van der Waals surface area contributed by atoms with E-state index in [1.165, 1.54) is 36.4 Å². The summed E-state index contributed by atoms with van der Waals surface area (Å²) >= 11 is 5.80. The molecule has 0 aliphatic heterocycles. The van der Waals surface area contributed by atoms with Gasteiger partial charge in [0.2, 0.25) is 0 Å². The van der Waals surface area contributed by atoms with Gasteiger partial charge >= 0.3 is 5.97 Å². The number of halogens is 2. The predicted octanol–water partition coefficient (Wildman–Crippen LogP) is 3.49. The molecule has 2 aromatic rings. The van der Waals surface area contributed by atoms with Crippen LogP contribution in [0.5, 0.6) is 0 Å². The Labute approximate surface area is 122 Å². The van der Waals surface area contributed by atoms with E-state index in [9.17, 15) is 13.4 Å². The predicted molar refractivity (Wildman–Crippen MR) is 74.9 cm³/mol. The molecule has 0 bridgehead atoms. The lowest BCUT2D eigenvalue weighted by atomic mass is 10.2. The van der Waals surface area contributed by atoms with Gasteiger partial charge in [0.25, 0.3) is 0 Å². The summed E-state index contributed by atoms with van der Waals surface area (Å²) in [5.41, 5.74) is 0.571. The number of rotatable bonds is 4. The van der Waals surface area contributed by atoms with Crippen LogP contribution in [-0.2, 0) is 16.6 Å². The minimum absolute atomic E-state index is 0.0389. The smallest absolute Gasteiger partial charge is 0.335 e. The zero-order valence-electron chi connectivity index (χ0n) is 10.2. The number of carbonyl (C=O) groups is 1. The van der Waals surface area contributed by atoms with Gasteiger partial charge < -0.3 is 5.11 Å². The number of carboxylic acid groups (broad SMARTS) is 1. The van der Waals surface area contributed by atoms with E-state index in [0.717, 1.165) is 0 Å². The van der Waals surface area contributed by atoms with Crippen LogP contribution in [0.3, 0.4) is 0 Å². The van der Waals surface area contributed by atoms with Crippen LogP contribution in [0.15, 0.2) is 47.4 Å². The molecule has 0 saturated carbocycles. The van der Waals surface area contributed by atoms with Crippen LogP contribution in [0, 0.1) is 5.82 Å². The van der Waals surface area contributed by atoms with Crippen LogP contribution >= 0.6 is 11.6 Å². The Balaban J connectivity index is 2.20. The van der Waals surface area contributed by atoms with E-state index in [2.05, 4.69) is 0 Å². The first-order valence-corrected chi connectivity index (χ1v) is 7.33. The lowest BCUT2D eigenvalue weighted by Gasteiger charge is -2.06. The Morgan fingerprint density at radius 1 is 1.20 bits per heavy atom. The summed E-state index contributed by atoms with van der Waals surface area (Å²) < 4.78 is 25.4. The normalized spacial score (nSPS) is 12.1. The van der Waals surface area contributed by atoms with Crippen molar-refractivity contribution in [3.63, 3.8) is 0 Å². The van der Waals surface area contributed by atoms with Gasteiger partial charge in [0.05, 0.1) is 27.1 Å². The zero-order chi connectivity index (χ0) is 14.7. The molecule has 6 heteroatoms. The van der Waals surface area contributed by atoms with E-state index in [1.54, 1.807) is 6.07 Å². The third kappa shape index (κ3) is 3.23. The van der Waals surface area contributed by atoms with Crippen molar-refractivity contribution in [3.05, 3.63) is 64.4 Å². The summed E-state index contributed by atoms with van der Waals surface area (Å²) in [5.74, 6) is -1.53. The second kappa shape index (κ2) is 6.15. The molecule has 2 aromatic carbocycles. The maximum atomic E-state index is 13.3. The van der Waals surface area contributed by atoms with E-state index >= 15 is 0 Å². The molecule has 1 atom stereocenters. The van der Waals surface area contributed by atoms with Gasteiger partial charge in [-0.3, -0.25) is 4.21 Å². The molecule has 0 amide bonds. The van der Waals surface area contributed by atoms with Gasteiger partial charge in [0, 0.05) is 4.90 Å². The lowest BCUT2D eigenvalue weighted by Crippen LogP contribution is -2.00. The Kier molecular flexibility index (Phi) is 4.52. The third-order valence-electron chi connectivity index (χ3n) is 2.68. The van der Waals surface area contributed by atoms with E-state index in [0.29, 0.717) is 10.5 Å². The molecule has 1 N–H and O–H groups in total. The molecule has 0 fully saturated rings. The minimum atomic E-state index is -1.42. The maximum absolute atomic E-state index is 13.3. The average molecular weight is 313 g/mol. The molecule has 0 radical (unpaired) electrons. The molecule has 0 heterocycles. The Morgan fingerprint density at radius 3 is 2.45 bits per heavy atom. The van der Waals surface area contributed by atoms with E-state index in [-0.39, 0.29) is 16.3 Å². The van der Waals surface area contributed by atoms with Crippen LogP contribution < -0.4 is 0 Å². The monoisotopic (exact) mass is 312 g/mol. The maximum Gasteiger partial charge on any atom is 0.335 e. The number of benzene rings is 2. The van der Waals surface area contributed by atoms with Crippen LogP contribution in [0.2, 0.25) is 5.02 Å². The van der Waals surface area contributed by atoms with E-state index < -0.39 is 22.6 Å². The van der Waals surface area contributed by atoms with Crippen molar-refractivity contribution in [1.82, 2.24) is 0 Å². The fourth-order valence-corrected chi connectivity index (χ4v) is 3.04. The van der Waals surface area contributed by atoms with Crippen molar-refractivity contribution < 1.29 is 18.5 Å². The lowest BCUT2D eigenvalue weighted by molar-refractivity contribution is 0.0697. The van der Waals surface area contributed by atoms with Crippen molar-refractivity contribution >= 4 is 28.4 Å². The van der Waals surface area contributed by atoms with Crippen molar-refractivity contribution in [3.8, 4) is 0 Å². The van der Waals surface area contributed by atoms with Crippen molar-refractivity contribution in [2.45, 2.75) is 10.6 Å². The molecule has 0 spiro atoms. The summed E-state index contributed by atoms with van der Waals surface area (Å²) in [6.07, 6.45) is 0. The molecule has 20 heavy (non-hydrogen) atoms. The van der Waals surface area contributed by atoms with Crippen molar-refractivity contribution in [2.75, 3.05) is 0 Å². The second-order valence-electron chi connectivity index (χ2n) is 4.03. The molecule has 0 aliphatic rings.